The molecule has 2 aliphatic rings. The molecule has 108 valence electrons. The molecule has 1 saturated carbocycles. The Kier molecular flexibility index (Phi) is 3.11. The van der Waals surface area contributed by atoms with Crippen LogP contribution < -0.4 is 16.3 Å². The van der Waals surface area contributed by atoms with E-state index in [-0.39, 0.29) is 29.6 Å². The maximum absolute atomic E-state index is 12.2. The number of nitrogens with one attached hydrogen (secondary N) is 3. The molecule has 1 saturated heterocycles. The normalized spacial score (nSPS) is 26.1. The molecule has 2 heterocycles. The van der Waals surface area contributed by atoms with E-state index in [1.165, 1.54) is 10.8 Å². The Morgan fingerprint density at radius 3 is 2.70 bits per heavy atom. The van der Waals surface area contributed by atoms with E-state index in [0.29, 0.717) is 24.5 Å². The summed E-state index contributed by atoms with van der Waals surface area (Å²) in [5.74, 6) is 0.249. The summed E-state index contributed by atoms with van der Waals surface area (Å²) in [5, 5.41) is 5.92. The second kappa shape index (κ2) is 4.81. The summed E-state index contributed by atoms with van der Waals surface area (Å²) in [5.41, 5.74) is -0.00714. The lowest BCUT2D eigenvalue weighted by atomic mass is 9.94. The molecule has 0 unspecified atom stereocenters. The highest BCUT2D eigenvalue weighted by molar-refractivity contribution is 5.92. The van der Waals surface area contributed by atoms with Crippen molar-refractivity contribution in [3.8, 4) is 0 Å². The molecule has 20 heavy (non-hydrogen) atoms. The molecular weight excluding hydrogens is 260 g/mol. The Hall–Kier alpha value is -2.05. The summed E-state index contributed by atoms with van der Waals surface area (Å²) >= 11 is 0. The van der Waals surface area contributed by atoms with Gasteiger partial charge in [0.05, 0.1) is 12.1 Å². The molecule has 2 fully saturated rings. The van der Waals surface area contributed by atoms with Crippen LogP contribution in [0.2, 0.25) is 0 Å². The van der Waals surface area contributed by atoms with E-state index in [1.807, 2.05) is 0 Å². The van der Waals surface area contributed by atoms with Crippen LogP contribution in [0.25, 0.3) is 0 Å². The Morgan fingerprint density at radius 2 is 2.10 bits per heavy atom. The number of carbonyl (C=O) groups excluding carboxylic acids is 2. The summed E-state index contributed by atoms with van der Waals surface area (Å²) in [7, 11) is 1.55. The first kappa shape index (κ1) is 13.0. The quantitative estimate of drug-likeness (QED) is 0.695. The van der Waals surface area contributed by atoms with E-state index in [9.17, 15) is 14.4 Å². The minimum atomic E-state index is -0.314. The minimum absolute atomic E-state index is 0.0242. The number of aromatic nitrogens is 2. The highest BCUT2D eigenvalue weighted by Crippen LogP contribution is 2.36. The molecule has 1 aromatic heterocycles. The molecule has 3 rings (SSSR count). The van der Waals surface area contributed by atoms with Crippen LogP contribution in [0.5, 0.6) is 0 Å². The van der Waals surface area contributed by atoms with Crippen molar-refractivity contribution in [3.63, 3.8) is 0 Å². The molecule has 3 N–H and O–H groups in total. The van der Waals surface area contributed by atoms with Crippen LogP contribution in [-0.2, 0) is 11.8 Å². The van der Waals surface area contributed by atoms with Gasteiger partial charge in [-0.05, 0) is 25.2 Å². The topological polar surface area (TPSA) is 96.0 Å². The molecule has 0 spiro atoms. The van der Waals surface area contributed by atoms with E-state index >= 15 is 0 Å². The van der Waals surface area contributed by atoms with Crippen LogP contribution in [0.4, 0.5) is 0 Å². The molecular formula is C13H18N4O3. The summed E-state index contributed by atoms with van der Waals surface area (Å²) < 4.78 is 1.28. The van der Waals surface area contributed by atoms with Crippen molar-refractivity contribution in [1.82, 2.24) is 20.2 Å². The second-order valence-corrected chi connectivity index (χ2v) is 5.59. The van der Waals surface area contributed by atoms with E-state index in [4.69, 9.17) is 0 Å². The van der Waals surface area contributed by atoms with Gasteiger partial charge in [0, 0.05) is 19.7 Å². The first-order chi connectivity index (χ1) is 9.56. The zero-order valence-electron chi connectivity index (χ0n) is 11.3. The van der Waals surface area contributed by atoms with Crippen LogP contribution in [-0.4, -0.2) is 33.4 Å². The van der Waals surface area contributed by atoms with Crippen LogP contribution >= 0.6 is 0 Å². The number of imidazole rings is 1. The number of amides is 2. The molecule has 0 radical (unpaired) electrons. The van der Waals surface area contributed by atoms with Gasteiger partial charge in [0.25, 0.3) is 5.91 Å². The number of H-pyrrole nitrogens is 1. The zero-order valence-corrected chi connectivity index (χ0v) is 11.3. The average Bonchev–Trinajstić information content (AvgIpc) is 3.20. The van der Waals surface area contributed by atoms with Crippen LogP contribution in [0.3, 0.4) is 0 Å². The van der Waals surface area contributed by atoms with Crippen LogP contribution in [0.15, 0.2) is 11.0 Å². The molecule has 1 aliphatic heterocycles. The van der Waals surface area contributed by atoms with Gasteiger partial charge in [-0.1, -0.05) is 0 Å². The monoisotopic (exact) mass is 278 g/mol. The van der Waals surface area contributed by atoms with Crippen molar-refractivity contribution in [1.29, 1.82) is 0 Å². The largest absolute Gasteiger partial charge is 0.351 e. The Morgan fingerprint density at radius 1 is 1.35 bits per heavy atom. The maximum atomic E-state index is 12.2. The average molecular weight is 278 g/mol. The van der Waals surface area contributed by atoms with E-state index in [0.717, 1.165) is 12.8 Å². The SMILES string of the molecule is Cn1c(C(=O)N[C@@H]2CCC(=O)N[C@H]2C2CC2)c[nH]c1=O. The first-order valence-electron chi connectivity index (χ1n) is 6.91. The number of rotatable bonds is 3. The van der Waals surface area contributed by atoms with Crippen molar-refractivity contribution in [3.05, 3.63) is 22.4 Å². The van der Waals surface area contributed by atoms with Crippen LogP contribution in [0, 0.1) is 5.92 Å². The van der Waals surface area contributed by atoms with Crippen molar-refractivity contribution in [2.75, 3.05) is 0 Å². The molecule has 7 nitrogen and oxygen atoms in total. The third-order valence-electron chi connectivity index (χ3n) is 4.12. The number of carbonyl (C=O) groups is 2. The van der Waals surface area contributed by atoms with Gasteiger partial charge in [-0.15, -0.1) is 0 Å². The predicted octanol–water partition coefficient (Wildman–Crippen LogP) is -0.500. The fourth-order valence-electron chi connectivity index (χ4n) is 2.78. The third-order valence-corrected chi connectivity index (χ3v) is 4.12. The number of aromatic amines is 1. The Balaban J connectivity index is 1.72. The molecule has 2 amide bonds. The van der Waals surface area contributed by atoms with Crippen molar-refractivity contribution in [2.24, 2.45) is 13.0 Å². The summed E-state index contributed by atoms with van der Waals surface area (Å²) in [6, 6.07) is -0.0335. The summed E-state index contributed by atoms with van der Waals surface area (Å²) in [6.07, 6.45) is 4.68. The molecule has 2 atom stereocenters. The van der Waals surface area contributed by atoms with Crippen LogP contribution in [0.1, 0.15) is 36.2 Å². The van der Waals surface area contributed by atoms with Gasteiger partial charge >= 0.3 is 5.69 Å². The maximum Gasteiger partial charge on any atom is 0.325 e. The molecule has 1 aliphatic carbocycles. The van der Waals surface area contributed by atoms with Gasteiger partial charge in [0.1, 0.15) is 5.69 Å². The fourth-order valence-corrected chi connectivity index (χ4v) is 2.78. The number of hydrogen-bond donors (Lipinski definition) is 3. The highest BCUT2D eigenvalue weighted by atomic mass is 16.2. The molecule has 1 aromatic rings. The van der Waals surface area contributed by atoms with Gasteiger partial charge in [0.15, 0.2) is 0 Å². The van der Waals surface area contributed by atoms with Gasteiger partial charge in [0.2, 0.25) is 5.91 Å². The smallest absolute Gasteiger partial charge is 0.325 e. The molecule has 0 bridgehead atoms. The highest BCUT2D eigenvalue weighted by Gasteiger charge is 2.40. The minimum Gasteiger partial charge on any atom is -0.351 e. The van der Waals surface area contributed by atoms with E-state index < -0.39 is 0 Å². The van der Waals surface area contributed by atoms with E-state index in [1.54, 1.807) is 7.05 Å². The second-order valence-electron chi connectivity index (χ2n) is 5.59. The predicted molar refractivity (Wildman–Crippen MR) is 71.2 cm³/mol. The third kappa shape index (κ3) is 2.35. The standard InChI is InChI=1S/C13H18N4O3/c1-17-9(6-14-13(17)20)12(19)15-8-4-5-10(18)16-11(8)7-2-3-7/h6-8,11H,2-5H2,1H3,(H,14,20)(H,15,19)(H,16,18)/t8-,11+/m1/s1. The number of nitrogens with zero attached hydrogens (tertiary/aromatic N) is 1. The lowest BCUT2D eigenvalue weighted by Crippen LogP contribution is -2.56. The van der Waals surface area contributed by atoms with Gasteiger partial charge in [-0.3, -0.25) is 14.2 Å². The number of piperidine rings is 1. The lowest BCUT2D eigenvalue weighted by Gasteiger charge is -2.33. The summed E-state index contributed by atoms with van der Waals surface area (Å²) in [6.45, 7) is 0. The van der Waals surface area contributed by atoms with E-state index in [2.05, 4.69) is 15.6 Å². The number of hydrogen-bond acceptors (Lipinski definition) is 3. The summed E-state index contributed by atoms with van der Waals surface area (Å²) in [4.78, 5) is 37.5. The Bertz CT molecular complexity index is 599. The fraction of sp³-hybridized carbons (Fsp3) is 0.615. The van der Waals surface area contributed by atoms with Crippen molar-refractivity contribution < 1.29 is 9.59 Å². The van der Waals surface area contributed by atoms with Gasteiger partial charge in [-0.25, -0.2) is 4.79 Å². The lowest BCUT2D eigenvalue weighted by molar-refractivity contribution is -0.124. The molecule has 0 aromatic carbocycles. The van der Waals surface area contributed by atoms with Crippen molar-refractivity contribution in [2.45, 2.75) is 37.8 Å². The van der Waals surface area contributed by atoms with Gasteiger partial charge < -0.3 is 15.6 Å². The Labute approximate surface area is 115 Å². The molecule has 7 heteroatoms. The van der Waals surface area contributed by atoms with Gasteiger partial charge in [-0.2, -0.15) is 0 Å². The first-order valence-corrected chi connectivity index (χ1v) is 6.91. The van der Waals surface area contributed by atoms with Crippen molar-refractivity contribution >= 4 is 11.8 Å². The zero-order chi connectivity index (χ0) is 14.3.